The van der Waals surface area contributed by atoms with Crippen LogP contribution in [0.25, 0.3) is 0 Å². The number of aliphatic hydroxyl groups is 1. The minimum atomic E-state index is -0.426. The van der Waals surface area contributed by atoms with Gasteiger partial charge in [0.15, 0.2) is 0 Å². The monoisotopic (exact) mass is 914 g/mol. The van der Waals surface area contributed by atoms with Crippen molar-refractivity contribution >= 4 is 17.8 Å². The highest BCUT2D eigenvalue weighted by molar-refractivity contribution is 5.93. The molecule has 2 N–H and O–H groups in total. The number of ether oxygens (including phenoxy) is 2. The Balaban J connectivity index is 2.45. The fraction of sp³-hybridized carbons (Fsp3) is 0.857. The number of hydrogen-bond acceptors (Lipinski definition) is 8. The lowest BCUT2D eigenvalue weighted by molar-refractivity contribution is -0.150. The number of nitrogens with zero attached hydrogens (tertiary/aromatic N) is 2. The summed E-state index contributed by atoms with van der Waals surface area (Å²) in [5.41, 5.74) is 1.55. The fourth-order valence-electron chi connectivity index (χ4n) is 8.66. The Hall–Kier alpha value is -2.52. The quantitative estimate of drug-likeness (QED) is 0.0490. The van der Waals surface area contributed by atoms with Crippen molar-refractivity contribution in [2.24, 2.45) is 0 Å². The Morgan fingerprint density at radius 3 is 1.58 bits per heavy atom. The van der Waals surface area contributed by atoms with Crippen LogP contribution in [0.3, 0.4) is 0 Å². The molecule has 0 radical (unpaired) electrons. The molecule has 0 saturated carbocycles. The van der Waals surface area contributed by atoms with Gasteiger partial charge in [0.1, 0.15) is 6.10 Å². The third-order valence-corrected chi connectivity index (χ3v) is 12.9. The molecule has 1 amide bonds. The van der Waals surface area contributed by atoms with E-state index in [1.165, 1.54) is 109 Å². The van der Waals surface area contributed by atoms with Crippen LogP contribution < -0.4 is 5.32 Å². The summed E-state index contributed by atoms with van der Waals surface area (Å²) in [6.45, 7) is 12.4. The van der Waals surface area contributed by atoms with Crippen molar-refractivity contribution in [1.29, 1.82) is 0 Å². The van der Waals surface area contributed by atoms with Gasteiger partial charge in [-0.1, -0.05) is 169 Å². The first-order chi connectivity index (χ1) is 31.8. The van der Waals surface area contributed by atoms with Gasteiger partial charge in [0.25, 0.3) is 5.91 Å². The molecule has 0 aliphatic heterocycles. The number of carbonyl (C=O) groups excluding carboxylic acids is 3. The van der Waals surface area contributed by atoms with E-state index < -0.39 is 6.10 Å². The molecule has 1 atom stereocenters. The first-order valence-corrected chi connectivity index (χ1v) is 27.8. The first kappa shape index (κ1) is 60.5. The highest BCUT2D eigenvalue weighted by Crippen LogP contribution is 2.19. The Morgan fingerprint density at radius 2 is 1.05 bits per heavy atom. The van der Waals surface area contributed by atoms with Crippen LogP contribution in [0.5, 0.6) is 0 Å². The Labute approximate surface area is 400 Å². The lowest BCUT2D eigenvalue weighted by atomic mass is 10.0. The number of esters is 2. The standard InChI is InChI=1S/C56H103N3O6/c1-5-9-12-15-18-19-20-26-36-47-64-54(61)40-31-27-35-46-59(49-52(60)37-32-33-44-57-56(63)50-42-43-51(8-4)58-48-50)45-34-25-21-24-30-41-55(62)65-53(38-28-22-16-13-10-6-2)39-29-23-17-14-11-7-3/h42-43,48,52-53,60H,5-41,44-47,49H2,1-4H3,(H,57,63). The largest absolute Gasteiger partial charge is 0.466 e. The third kappa shape index (κ3) is 38.2. The summed E-state index contributed by atoms with van der Waals surface area (Å²) in [5.74, 6) is -0.195. The van der Waals surface area contributed by atoms with Crippen molar-refractivity contribution in [2.75, 3.05) is 32.8 Å². The highest BCUT2D eigenvalue weighted by Gasteiger charge is 2.16. The predicted molar refractivity (Wildman–Crippen MR) is 272 cm³/mol. The van der Waals surface area contributed by atoms with Gasteiger partial charge in [-0.25, -0.2) is 0 Å². The highest BCUT2D eigenvalue weighted by atomic mass is 16.5. The normalized spacial score (nSPS) is 12.0. The van der Waals surface area contributed by atoms with Crippen molar-refractivity contribution < 1.29 is 29.0 Å². The Bertz CT molecular complexity index is 1210. The SMILES string of the molecule is CCCCCCCCCCCOC(=O)CCCCCN(CCCCCCCC(=O)OC(CCCCCCCC)CCCCCCCC)CC(O)CCCCNC(=O)c1ccc(CC)nc1. The number of rotatable bonds is 48. The molecule has 1 rings (SSSR count). The van der Waals surface area contributed by atoms with Gasteiger partial charge in [0.05, 0.1) is 18.3 Å². The zero-order chi connectivity index (χ0) is 47.3. The van der Waals surface area contributed by atoms with Gasteiger partial charge < -0.3 is 24.8 Å². The van der Waals surface area contributed by atoms with E-state index in [2.05, 4.69) is 36.0 Å². The minimum Gasteiger partial charge on any atom is -0.466 e. The molecule has 0 fully saturated rings. The second-order valence-electron chi connectivity index (χ2n) is 19.2. The fourth-order valence-corrected chi connectivity index (χ4v) is 8.66. The van der Waals surface area contributed by atoms with E-state index >= 15 is 0 Å². The molecule has 0 aliphatic carbocycles. The Kier molecular flexibility index (Phi) is 42.1. The summed E-state index contributed by atoms with van der Waals surface area (Å²) < 4.78 is 11.6. The second-order valence-corrected chi connectivity index (χ2v) is 19.2. The number of amides is 1. The van der Waals surface area contributed by atoms with E-state index in [1.54, 1.807) is 6.20 Å². The predicted octanol–water partition coefficient (Wildman–Crippen LogP) is 14.6. The van der Waals surface area contributed by atoms with Crippen LogP contribution in [0.15, 0.2) is 18.3 Å². The van der Waals surface area contributed by atoms with Gasteiger partial charge in [-0.3, -0.25) is 19.4 Å². The summed E-state index contributed by atoms with van der Waals surface area (Å²) >= 11 is 0. The van der Waals surface area contributed by atoms with E-state index in [9.17, 15) is 19.5 Å². The van der Waals surface area contributed by atoms with E-state index in [0.29, 0.717) is 44.5 Å². The smallest absolute Gasteiger partial charge is 0.306 e. The molecule has 0 bridgehead atoms. The molecule has 0 aromatic carbocycles. The maximum absolute atomic E-state index is 12.9. The molecule has 9 nitrogen and oxygen atoms in total. The van der Waals surface area contributed by atoms with Crippen molar-refractivity contribution in [1.82, 2.24) is 15.2 Å². The number of aryl methyl sites for hydroxylation is 1. The van der Waals surface area contributed by atoms with Crippen molar-refractivity contribution in [3.05, 3.63) is 29.6 Å². The minimum absolute atomic E-state index is 0.0134. The molecule has 9 heteroatoms. The van der Waals surface area contributed by atoms with Crippen LogP contribution in [0.1, 0.15) is 275 Å². The van der Waals surface area contributed by atoms with Crippen LogP contribution in [0, 0.1) is 0 Å². The van der Waals surface area contributed by atoms with Gasteiger partial charge in [0.2, 0.25) is 0 Å². The molecular weight excluding hydrogens is 811 g/mol. The molecule has 0 spiro atoms. The lowest BCUT2D eigenvalue weighted by Gasteiger charge is -2.25. The van der Waals surface area contributed by atoms with E-state index in [1.807, 2.05) is 19.1 Å². The molecule has 1 heterocycles. The maximum Gasteiger partial charge on any atom is 0.306 e. The van der Waals surface area contributed by atoms with Gasteiger partial charge in [-0.2, -0.15) is 0 Å². The number of unbranched alkanes of at least 4 members (excludes halogenated alkanes) is 25. The second kappa shape index (κ2) is 45.3. The molecule has 1 aromatic heterocycles. The van der Waals surface area contributed by atoms with Crippen molar-refractivity contribution in [3.8, 4) is 0 Å². The van der Waals surface area contributed by atoms with E-state index in [0.717, 1.165) is 128 Å². The molecule has 65 heavy (non-hydrogen) atoms. The average molecular weight is 914 g/mol. The summed E-state index contributed by atoms with van der Waals surface area (Å²) in [7, 11) is 0. The molecular formula is C56H103N3O6. The first-order valence-electron chi connectivity index (χ1n) is 27.8. The van der Waals surface area contributed by atoms with E-state index in [-0.39, 0.29) is 23.9 Å². The van der Waals surface area contributed by atoms with Crippen LogP contribution in [0.2, 0.25) is 0 Å². The number of hydrogen-bond donors (Lipinski definition) is 2. The van der Waals surface area contributed by atoms with Crippen molar-refractivity contribution in [2.45, 2.75) is 277 Å². The molecule has 1 unspecified atom stereocenters. The zero-order valence-corrected chi connectivity index (χ0v) is 43.0. The lowest BCUT2D eigenvalue weighted by Crippen LogP contribution is -2.34. The number of nitrogens with one attached hydrogen (secondary N) is 1. The van der Waals surface area contributed by atoms with Crippen molar-refractivity contribution in [3.63, 3.8) is 0 Å². The molecule has 1 aromatic rings. The number of aliphatic hydroxyl groups excluding tert-OH is 1. The van der Waals surface area contributed by atoms with Crippen LogP contribution in [0.4, 0.5) is 0 Å². The molecule has 378 valence electrons. The van der Waals surface area contributed by atoms with Gasteiger partial charge >= 0.3 is 11.9 Å². The summed E-state index contributed by atoms with van der Waals surface area (Å²) in [6, 6.07) is 3.72. The van der Waals surface area contributed by atoms with Gasteiger partial charge in [-0.05, 0) is 109 Å². The van der Waals surface area contributed by atoms with Crippen LogP contribution in [-0.2, 0) is 25.5 Å². The zero-order valence-electron chi connectivity index (χ0n) is 43.0. The average Bonchev–Trinajstić information content (AvgIpc) is 3.30. The van der Waals surface area contributed by atoms with Crippen LogP contribution >= 0.6 is 0 Å². The number of aromatic nitrogens is 1. The number of pyridine rings is 1. The maximum atomic E-state index is 12.9. The molecule has 0 saturated heterocycles. The Morgan fingerprint density at radius 1 is 0.569 bits per heavy atom. The summed E-state index contributed by atoms with van der Waals surface area (Å²) in [5, 5.41) is 14.0. The van der Waals surface area contributed by atoms with Crippen LogP contribution in [-0.4, -0.2) is 77.8 Å². The molecule has 0 aliphatic rings. The topological polar surface area (TPSA) is 118 Å². The number of carbonyl (C=O) groups is 3. The third-order valence-electron chi connectivity index (χ3n) is 12.9. The summed E-state index contributed by atoms with van der Waals surface area (Å²) in [6.07, 6.45) is 41.9. The van der Waals surface area contributed by atoms with Gasteiger partial charge in [-0.15, -0.1) is 0 Å². The van der Waals surface area contributed by atoms with Gasteiger partial charge in [0, 0.05) is 37.8 Å². The van der Waals surface area contributed by atoms with E-state index in [4.69, 9.17) is 9.47 Å². The summed E-state index contributed by atoms with van der Waals surface area (Å²) in [4.78, 5) is 44.5.